The topological polar surface area (TPSA) is 97.2 Å². The van der Waals surface area contributed by atoms with E-state index in [4.69, 9.17) is 16.3 Å². The van der Waals surface area contributed by atoms with Gasteiger partial charge in [-0.2, -0.15) is 10.1 Å². The molecular formula is C21H32ClN7O2. The van der Waals surface area contributed by atoms with Gasteiger partial charge in [0.1, 0.15) is 10.6 Å². The molecule has 170 valence electrons. The van der Waals surface area contributed by atoms with Gasteiger partial charge in [0, 0.05) is 37.4 Å². The molecule has 3 rings (SSSR count). The minimum absolute atomic E-state index is 0.0933. The van der Waals surface area contributed by atoms with Crippen LogP contribution in [-0.2, 0) is 11.8 Å². The molecule has 31 heavy (non-hydrogen) atoms. The number of nitrogens with zero attached hydrogens (tertiary/aromatic N) is 5. The molecule has 0 aromatic carbocycles. The molecule has 1 amide bonds. The van der Waals surface area contributed by atoms with E-state index in [0.29, 0.717) is 29.2 Å². The average Bonchev–Trinajstić information content (AvgIpc) is 3.00. The molecule has 1 fully saturated rings. The number of nitrogens with one attached hydrogen (secondary N) is 2. The molecular weight excluding hydrogens is 418 g/mol. The van der Waals surface area contributed by atoms with Crippen molar-refractivity contribution in [1.82, 2.24) is 24.6 Å². The number of aryl methyl sites for hydroxylation is 2. The summed E-state index contributed by atoms with van der Waals surface area (Å²) >= 11 is 6.35. The van der Waals surface area contributed by atoms with Crippen molar-refractivity contribution in [1.29, 1.82) is 0 Å². The van der Waals surface area contributed by atoms with Crippen molar-refractivity contribution < 1.29 is 9.53 Å². The second-order valence-corrected chi connectivity index (χ2v) is 9.32. The fourth-order valence-corrected chi connectivity index (χ4v) is 3.73. The minimum Gasteiger partial charge on any atom is -0.444 e. The van der Waals surface area contributed by atoms with E-state index in [9.17, 15) is 4.79 Å². The van der Waals surface area contributed by atoms with E-state index in [1.165, 1.54) is 0 Å². The number of aromatic nitrogens is 4. The minimum atomic E-state index is -0.505. The van der Waals surface area contributed by atoms with Gasteiger partial charge in [0.05, 0.1) is 6.20 Å². The lowest BCUT2D eigenvalue weighted by molar-refractivity contribution is 0.00849. The third kappa shape index (κ3) is 6.00. The van der Waals surface area contributed by atoms with Crippen LogP contribution in [0, 0.1) is 6.92 Å². The highest BCUT2D eigenvalue weighted by Gasteiger charge is 2.33. The number of hydrogen-bond donors (Lipinski definition) is 2. The van der Waals surface area contributed by atoms with Gasteiger partial charge in [-0.05, 0) is 47.0 Å². The Bertz CT molecular complexity index is 905. The van der Waals surface area contributed by atoms with E-state index in [1.54, 1.807) is 10.9 Å². The van der Waals surface area contributed by atoms with Gasteiger partial charge in [0.15, 0.2) is 11.6 Å². The third-order valence-corrected chi connectivity index (χ3v) is 5.53. The molecule has 3 heterocycles. The zero-order valence-electron chi connectivity index (χ0n) is 19.1. The number of ether oxygens (including phenoxy) is 1. The molecule has 2 aromatic heterocycles. The Balaban J connectivity index is 1.66. The first-order valence-electron chi connectivity index (χ1n) is 10.6. The van der Waals surface area contributed by atoms with Gasteiger partial charge < -0.3 is 20.3 Å². The van der Waals surface area contributed by atoms with E-state index in [2.05, 4.69) is 32.6 Å². The van der Waals surface area contributed by atoms with Crippen LogP contribution < -0.4 is 10.6 Å². The Kier molecular flexibility index (Phi) is 6.93. The molecule has 2 aromatic rings. The Morgan fingerprint density at radius 2 is 2.13 bits per heavy atom. The Morgan fingerprint density at radius 3 is 2.74 bits per heavy atom. The number of rotatable bonds is 5. The predicted octanol–water partition coefficient (Wildman–Crippen LogP) is 4.51. The number of carbonyl (C=O) groups excluding carboxylic acids is 1. The fourth-order valence-electron chi connectivity index (χ4n) is 3.59. The van der Waals surface area contributed by atoms with Gasteiger partial charge in [-0.3, -0.25) is 4.68 Å². The van der Waals surface area contributed by atoms with Crippen LogP contribution in [0.5, 0.6) is 0 Å². The number of halogens is 1. The Hall–Kier alpha value is -2.55. The van der Waals surface area contributed by atoms with E-state index < -0.39 is 5.60 Å². The second-order valence-electron chi connectivity index (χ2n) is 8.91. The van der Waals surface area contributed by atoms with E-state index in [-0.39, 0.29) is 18.2 Å². The van der Waals surface area contributed by atoms with Crippen LogP contribution in [0.3, 0.4) is 0 Å². The molecule has 9 nitrogen and oxygen atoms in total. The number of amides is 1. The number of hydrogen-bond acceptors (Lipinski definition) is 7. The standard InChI is InChI=1S/C21H32ClN7O2/c1-7-15-11-14(8-9-29(15)20(30)31-21(3,4)5)24-18-16(22)12-23-19(26-18)25-17-10-13(2)28(6)27-17/h10,12,14-15H,7-9,11H2,1-6H3,(H2,23,24,25,26,27). The first-order chi connectivity index (χ1) is 14.6. The number of piperidine rings is 1. The smallest absolute Gasteiger partial charge is 0.410 e. The van der Waals surface area contributed by atoms with Crippen LogP contribution in [0.1, 0.15) is 52.7 Å². The van der Waals surface area contributed by atoms with Crippen LogP contribution >= 0.6 is 11.6 Å². The molecule has 2 N–H and O–H groups in total. The van der Waals surface area contributed by atoms with Crippen molar-refractivity contribution in [2.45, 2.75) is 71.6 Å². The van der Waals surface area contributed by atoms with Crippen molar-refractivity contribution in [3.63, 3.8) is 0 Å². The molecule has 10 heteroatoms. The average molecular weight is 450 g/mol. The van der Waals surface area contributed by atoms with Gasteiger partial charge in [-0.25, -0.2) is 9.78 Å². The van der Waals surface area contributed by atoms with Crippen LogP contribution in [0.4, 0.5) is 22.4 Å². The third-order valence-electron chi connectivity index (χ3n) is 5.25. The summed E-state index contributed by atoms with van der Waals surface area (Å²) in [5, 5.41) is 11.4. The molecule has 2 unspecified atom stereocenters. The normalized spacial score (nSPS) is 19.3. The largest absolute Gasteiger partial charge is 0.444 e. The summed E-state index contributed by atoms with van der Waals surface area (Å²) in [5.41, 5.74) is 0.520. The highest BCUT2D eigenvalue weighted by Crippen LogP contribution is 2.28. The molecule has 1 aliphatic rings. The zero-order chi connectivity index (χ0) is 22.8. The van der Waals surface area contributed by atoms with Crippen LogP contribution in [0.2, 0.25) is 5.02 Å². The van der Waals surface area contributed by atoms with Crippen molar-refractivity contribution in [3.8, 4) is 0 Å². The summed E-state index contributed by atoms with van der Waals surface area (Å²) in [6, 6.07) is 2.15. The summed E-state index contributed by atoms with van der Waals surface area (Å²) in [6.45, 7) is 10.3. The second kappa shape index (κ2) is 9.30. The number of likely N-dealkylation sites (tertiary alicyclic amines) is 1. The van der Waals surface area contributed by atoms with Crippen LogP contribution in [0.25, 0.3) is 0 Å². The maximum absolute atomic E-state index is 12.6. The predicted molar refractivity (Wildman–Crippen MR) is 122 cm³/mol. The lowest BCUT2D eigenvalue weighted by Gasteiger charge is -2.40. The van der Waals surface area contributed by atoms with Crippen molar-refractivity contribution >= 4 is 35.3 Å². The van der Waals surface area contributed by atoms with Gasteiger partial charge in [-0.1, -0.05) is 18.5 Å². The van der Waals surface area contributed by atoms with Gasteiger partial charge in [0.2, 0.25) is 5.95 Å². The van der Waals surface area contributed by atoms with Crippen molar-refractivity contribution in [3.05, 3.63) is 23.0 Å². The highest BCUT2D eigenvalue weighted by atomic mass is 35.5. The zero-order valence-corrected chi connectivity index (χ0v) is 19.8. The molecule has 0 spiro atoms. The molecule has 0 aliphatic carbocycles. The molecule has 1 saturated heterocycles. The van der Waals surface area contributed by atoms with Crippen molar-refractivity contribution in [2.24, 2.45) is 7.05 Å². The lowest BCUT2D eigenvalue weighted by Crippen LogP contribution is -2.50. The number of anilines is 3. The molecule has 1 aliphatic heterocycles. The van der Waals surface area contributed by atoms with Crippen LogP contribution in [0.15, 0.2) is 12.3 Å². The van der Waals surface area contributed by atoms with E-state index in [1.807, 2.05) is 45.7 Å². The summed E-state index contributed by atoms with van der Waals surface area (Å²) in [6.07, 6.45) is 3.73. The van der Waals surface area contributed by atoms with Gasteiger partial charge >= 0.3 is 6.09 Å². The Morgan fingerprint density at radius 1 is 1.39 bits per heavy atom. The van der Waals surface area contributed by atoms with Gasteiger partial charge in [0.25, 0.3) is 0 Å². The molecule has 0 saturated carbocycles. The van der Waals surface area contributed by atoms with Crippen LogP contribution in [-0.4, -0.2) is 55.0 Å². The van der Waals surface area contributed by atoms with E-state index in [0.717, 1.165) is 25.0 Å². The van der Waals surface area contributed by atoms with Crippen molar-refractivity contribution in [2.75, 3.05) is 17.2 Å². The highest BCUT2D eigenvalue weighted by molar-refractivity contribution is 6.32. The van der Waals surface area contributed by atoms with E-state index >= 15 is 0 Å². The number of carbonyl (C=O) groups is 1. The fraction of sp³-hybridized carbons (Fsp3) is 0.619. The molecule has 2 atom stereocenters. The Labute approximate surface area is 188 Å². The molecule has 0 radical (unpaired) electrons. The van der Waals surface area contributed by atoms with Gasteiger partial charge in [-0.15, -0.1) is 0 Å². The first-order valence-corrected chi connectivity index (χ1v) is 11.0. The summed E-state index contributed by atoms with van der Waals surface area (Å²) < 4.78 is 7.35. The SMILES string of the molecule is CCC1CC(Nc2nc(Nc3cc(C)n(C)n3)ncc2Cl)CCN1C(=O)OC(C)(C)C. The summed E-state index contributed by atoms with van der Waals surface area (Å²) in [5.74, 6) is 1.66. The monoisotopic (exact) mass is 449 g/mol. The summed E-state index contributed by atoms with van der Waals surface area (Å²) in [4.78, 5) is 23.2. The maximum atomic E-state index is 12.6. The summed E-state index contributed by atoms with van der Waals surface area (Å²) in [7, 11) is 1.88. The molecule has 0 bridgehead atoms. The maximum Gasteiger partial charge on any atom is 0.410 e. The first kappa shape index (κ1) is 23.1. The lowest BCUT2D eigenvalue weighted by atomic mass is 9.95. The quantitative estimate of drug-likeness (QED) is 0.693.